The summed E-state index contributed by atoms with van der Waals surface area (Å²) in [6, 6.07) is 13.2. The molecule has 3 aromatic carbocycles. The highest BCUT2D eigenvalue weighted by atomic mass is 16.6. The summed E-state index contributed by atoms with van der Waals surface area (Å²) in [6.45, 7) is 11.7. The minimum absolute atomic E-state index is 0.0410. The van der Waals surface area contributed by atoms with Gasteiger partial charge in [-0.1, -0.05) is 53.7 Å². The van der Waals surface area contributed by atoms with E-state index in [1.807, 2.05) is 41.5 Å². The molecular formula is C30H29NO6. The predicted molar refractivity (Wildman–Crippen MR) is 142 cm³/mol. The second-order valence-electron chi connectivity index (χ2n) is 11.3. The fraction of sp³-hybridized carbons (Fsp3) is 0.267. The molecule has 0 fully saturated rings. The number of carbonyl (C=O) groups is 2. The Labute approximate surface area is 215 Å². The molecule has 0 unspecified atom stereocenters. The first-order chi connectivity index (χ1) is 17.1. The Balaban J connectivity index is 2.13. The Hall–Kier alpha value is -4.26. The van der Waals surface area contributed by atoms with Gasteiger partial charge in [0, 0.05) is 40.0 Å². The van der Waals surface area contributed by atoms with Gasteiger partial charge in [0.1, 0.15) is 11.5 Å². The number of hydrogen-bond acceptors (Lipinski definition) is 6. The number of allylic oxidation sites excluding steroid dienone is 2. The Morgan fingerprint density at radius 2 is 1.24 bits per heavy atom. The average Bonchev–Trinajstić information content (AvgIpc) is 2.80. The zero-order chi connectivity index (χ0) is 27.4. The zero-order valence-corrected chi connectivity index (χ0v) is 21.7. The van der Waals surface area contributed by atoms with Crippen LogP contribution in [-0.2, 0) is 10.8 Å². The van der Waals surface area contributed by atoms with Crippen molar-refractivity contribution in [3.05, 3.63) is 98.1 Å². The predicted octanol–water partition coefficient (Wildman–Crippen LogP) is 6.59. The van der Waals surface area contributed by atoms with Gasteiger partial charge in [0.05, 0.1) is 10.5 Å². The number of non-ortho nitro benzene ring substituents is 1. The maximum absolute atomic E-state index is 14.0. The Bertz CT molecular complexity index is 1460. The summed E-state index contributed by atoms with van der Waals surface area (Å²) in [5, 5.41) is 32.9. The van der Waals surface area contributed by atoms with Crippen molar-refractivity contribution in [3.63, 3.8) is 0 Å². The number of fused-ring (bicyclic) bond motifs is 1. The van der Waals surface area contributed by atoms with Crippen LogP contribution in [0, 0.1) is 10.1 Å². The molecule has 7 heteroatoms. The molecule has 0 saturated heterocycles. The molecule has 0 aliphatic heterocycles. The van der Waals surface area contributed by atoms with E-state index in [1.165, 1.54) is 42.5 Å². The Morgan fingerprint density at radius 3 is 1.73 bits per heavy atom. The minimum Gasteiger partial charge on any atom is -0.507 e. The number of nitrogens with zero attached hydrogens (tertiary/aromatic N) is 1. The fourth-order valence-corrected chi connectivity index (χ4v) is 4.68. The van der Waals surface area contributed by atoms with Crippen molar-refractivity contribution in [2.75, 3.05) is 0 Å². The molecule has 0 aromatic heterocycles. The van der Waals surface area contributed by atoms with Crippen molar-refractivity contribution in [1.29, 1.82) is 0 Å². The molecule has 0 heterocycles. The summed E-state index contributed by atoms with van der Waals surface area (Å²) in [5.74, 6) is -1.19. The standard InChI is InChI=1S/C30H29NO6/c1-29(2,3)20-14-17(15-21(27(20)34)30(4,5)6)24-23(16-10-12-18(13-11-16)31(36)37)28(35)25-19(26(24)33)8-7-9-22(25)32/h7-15,32,34H,1-6H3. The monoisotopic (exact) mass is 499 g/mol. The molecule has 0 spiro atoms. The van der Waals surface area contributed by atoms with Crippen LogP contribution in [0.1, 0.15) is 84.5 Å². The molecule has 0 bridgehead atoms. The third-order valence-electron chi connectivity index (χ3n) is 6.60. The van der Waals surface area contributed by atoms with Crippen LogP contribution in [0.2, 0.25) is 0 Å². The molecule has 2 N–H and O–H groups in total. The van der Waals surface area contributed by atoms with Crippen LogP contribution in [0.4, 0.5) is 5.69 Å². The summed E-state index contributed by atoms with van der Waals surface area (Å²) in [7, 11) is 0. The van der Waals surface area contributed by atoms with Gasteiger partial charge in [-0.05, 0) is 52.3 Å². The first-order valence-corrected chi connectivity index (χ1v) is 11.9. The van der Waals surface area contributed by atoms with Gasteiger partial charge in [0.15, 0.2) is 11.6 Å². The van der Waals surface area contributed by atoms with E-state index in [2.05, 4.69) is 0 Å². The molecule has 4 rings (SSSR count). The number of hydrogen-bond donors (Lipinski definition) is 2. The molecule has 1 aliphatic rings. The highest BCUT2D eigenvalue weighted by Crippen LogP contribution is 2.45. The van der Waals surface area contributed by atoms with Crippen molar-refractivity contribution in [1.82, 2.24) is 0 Å². The number of rotatable bonds is 3. The van der Waals surface area contributed by atoms with Crippen LogP contribution in [-0.4, -0.2) is 26.7 Å². The minimum atomic E-state index is -0.556. The Kier molecular flexibility index (Phi) is 6.07. The van der Waals surface area contributed by atoms with E-state index in [4.69, 9.17) is 0 Å². The van der Waals surface area contributed by atoms with Gasteiger partial charge in [-0.15, -0.1) is 0 Å². The summed E-state index contributed by atoms with van der Waals surface area (Å²) >= 11 is 0. The summed E-state index contributed by atoms with van der Waals surface area (Å²) in [5.41, 5.74) is 1.02. The molecule has 0 atom stereocenters. The Morgan fingerprint density at radius 1 is 0.730 bits per heavy atom. The molecule has 190 valence electrons. The van der Waals surface area contributed by atoms with Crippen molar-refractivity contribution in [3.8, 4) is 11.5 Å². The molecule has 0 radical (unpaired) electrons. The SMILES string of the molecule is CC(C)(C)c1cc(C2=C(c3ccc([N+](=O)[O-])cc3)C(=O)c3c(O)cccc3C2=O)cc(C(C)(C)C)c1O. The largest absolute Gasteiger partial charge is 0.507 e. The normalized spacial score (nSPS) is 14.1. The molecule has 37 heavy (non-hydrogen) atoms. The molecule has 0 amide bonds. The number of phenols is 2. The summed E-state index contributed by atoms with van der Waals surface area (Å²) in [4.78, 5) is 38.5. The molecule has 1 aliphatic carbocycles. The highest BCUT2D eigenvalue weighted by Gasteiger charge is 2.37. The van der Waals surface area contributed by atoms with Gasteiger partial charge in [-0.2, -0.15) is 0 Å². The molecule has 0 saturated carbocycles. The van der Waals surface area contributed by atoms with E-state index in [9.17, 15) is 29.9 Å². The van der Waals surface area contributed by atoms with Crippen molar-refractivity contribution < 1.29 is 24.7 Å². The average molecular weight is 500 g/mol. The smallest absolute Gasteiger partial charge is 0.269 e. The highest BCUT2D eigenvalue weighted by molar-refractivity contribution is 6.52. The van der Waals surface area contributed by atoms with E-state index < -0.39 is 27.3 Å². The second kappa shape index (κ2) is 8.69. The van der Waals surface area contributed by atoms with E-state index >= 15 is 0 Å². The van der Waals surface area contributed by atoms with Gasteiger partial charge in [-0.3, -0.25) is 19.7 Å². The summed E-state index contributed by atoms with van der Waals surface area (Å²) < 4.78 is 0. The number of carbonyl (C=O) groups excluding carboxylic acids is 2. The van der Waals surface area contributed by atoms with Crippen molar-refractivity contribution in [2.45, 2.75) is 52.4 Å². The van der Waals surface area contributed by atoms with E-state index in [0.717, 1.165) is 0 Å². The lowest BCUT2D eigenvalue weighted by Crippen LogP contribution is -2.23. The van der Waals surface area contributed by atoms with Crippen LogP contribution >= 0.6 is 0 Å². The van der Waals surface area contributed by atoms with Crippen molar-refractivity contribution in [2.24, 2.45) is 0 Å². The van der Waals surface area contributed by atoms with Gasteiger partial charge in [-0.25, -0.2) is 0 Å². The number of aromatic hydroxyl groups is 2. The molecule has 3 aromatic rings. The van der Waals surface area contributed by atoms with Gasteiger partial charge < -0.3 is 10.2 Å². The van der Waals surface area contributed by atoms with E-state index in [0.29, 0.717) is 22.3 Å². The topological polar surface area (TPSA) is 118 Å². The zero-order valence-electron chi connectivity index (χ0n) is 21.7. The quantitative estimate of drug-likeness (QED) is 0.310. The molecular weight excluding hydrogens is 470 g/mol. The number of nitro benzene ring substituents is 1. The van der Waals surface area contributed by atoms with E-state index in [-0.39, 0.29) is 39.5 Å². The van der Waals surface area contributed by atoms with Crippen LogP contribution in [0.25, 0.3) is 11.1 Å². The maximum atomic E-state index is 14.0. The lowest BCUT2D eigenvalue weighted by molar-refractivity contribution is -0.384. The lowest BCUT2D eigenvalue weighted by Gasteiger charge is -2.30. The first kappa shape index (κ1) is 25.8. The fourth-order valence-electron chi connectivity index (χ4n) is 4.68. The van der Waals surface area contributed by atoms with Crippen molar-refractivity contribution >= 4 is 28.4 Å². The van der Waals surface area contributed by atoms with Gasteiger partial charge >= 0.3 is 0 Å². The number of benzene rings is 3. The van der Waals surface area contributed by atoms with Crippen LogP contribution < -0.4 is 0 Å². The maximum Gasteiger partial charge on any atom is 0.269 e. The van der Waals surface area contributed by atoms with Crippen LogP contribution in [0.5, 0.6) is 11.5 Å². The lowest BCUT2D eigenvalue weighted by atomic mass is 9.74. The molecule has 7 nitrogen and oxygen atoms in total. The van der Waals surface area contributed by atoms with Gasteiger partial charge in [0.25, 0.3) is 5.69 Å². The number of nitro groups is 1. The number of ketones is 2. The third-order valence-corrected chi connectivity index (χ3v) is 6.60. The van der Waals surface area contributed by atoms with Gasteiger partial charge in [0.2, 0.25) is 0 Å². The van der Waals surface area contributed by atoms with Crippen LogP contribution in [0.15, 0.2) is 54.6 Å². The third kappa shape index (κ3) is 4.42. The van der Waals surface area contributed by atoms with Crippen LogP contribution in [0.3, 0.4) is 0 Å². The second-order valence-corrected chi connectivity index (χ2v) is 11.3. The summed E-state index contributed by atoms with van der Waals surface area (Å²) in [6.07, 6.45) is 0. The first-order valence-electron chi connectivity index (χ1n) is 11.9. The van der Waals surface area contributed by atoms with E-state index in [1.54, 1.807) is 12.1 Å². The number of phenolic OH excluding ortho intramolecular Hbond substituents is 2. The number of Topliss-reactive ketones (excluding diaryl/α,β-unsaturated/α-hetero) is 2.